The lowest BCUT2D eigenvalue weighted by atomic mass is 9.75. The predicted molar refractivity (Wildman–Crippen MR) is 80.0 cm³/mol. The molecule has 0 bridgehead atoms. The minimum Gasteiger partial charge on any atom is -0.354 e. The highest BCUT2D eigenvalue weighted by Gasteiger charge is 2.59. The highest BCUT2D eigenvalue weighted by atomic mass is 19.3. The number of nitrogens with zero attached hydrogens (tertiary/aromatic N) is 4. The van der Waals surface area contributed by atoms with Crippen LogP contribution >= 0.6 is 0 Å². The minimum atomic E-state index is -2.58. The molecule has 3 heterocycles. The molecule has 1 spiro atoms. The molecular weight excluding hydrogens is 286 g/mol. The van der Waals surface area contributed by atoms with E-state index in [1.54, 1.807) is 18.6 Å². The predicted octanol–water partition coefficient (Wildman–Crippen LogP) is 2.42. The minimum absolute atomic E-state index is 0.00592. The Morgan fingerprint density at radius 2 is 2.00 bits per heavy atom. The Balaban J connectivity index is 1.52. The molecule has 0 unspecified atom stereocenters. The quantitative estimate of drug-likeness (QED) is 0.858. The fourth-order valence-corrected chi connectivity index (χ4v) is 3.96. The van der Waals surface area contributed by atoms with Gasteiger partial charge in [-0.1, -0.05) is 0 Å². The van der Waals surface area contributed by atoms with E-state index >= 15 is 0 Å². The van der Waals surface area contributed by atoms with Crippen LogP contribution < -0.4 is 4.90 Å². The van der Waals surface area contributed by atoms with Gasteiger partial charge in [-0.2, -0.15) is 0 Å². The number of hydrogen-bond acceptors (Lipinski definition) is 4. The van der Waals surface area contributed by atoms with Gasteiger partial charge < -0.3 is 9.80 Å². The van der Waals surface area contributed by atoms with Crippen LogP contribution in [0.1, 0.15) is 25.7 Å². The largest absolute Gasteiger partial charge is 0.354 e. The van der Waals surface area contributed by atoms with E-state index in [-0.39, 0.29) is 6.42 Å². The van der Waals surface area contributed by atoms with Crippen LogP contribution in [0.3, 0.4) is 0 Å². The van der Waals surface area contributed by atoms with Crippen molar-refractivity contribution in [2.45, 2.75) is 31.6 Å². The van der Waals surface area contributed by atoms with Crippen molar-refractivity contribution in [2.75, 3.05) is 37.6 Å². The second-order valence-electron chi connectivity index (χ2n) is 7.15. The maximum Gasteiger partial charge on any atom is 0.257 e. The Morgan fingerprint density at radius 1 is 1.14 bits per heavy atom. The van der Waals surface area contributed by atoms with Crippen LogP contribution in [-0.4, -0.2) is 53.5 Å². The first-order valence-corrected chi connectivity index (χ1v) is 8.19. The number of hydrogen-bond donors (Lipinski definition) is 0. The lowest BCUT2D eigenvalue weighted by Crippen LogP contribution is -2.57. The maximum absolute atomic E-state index is 14.7. The number of aromatic nitrogens is 2. The first kappa shape index (κ1) is 14.3. The van der Waals surface area contributed by atoms with Gasteiger partial charge in [0.2, 0.25) is 0 Å². The zero-order chi connectivity index (χ0) is 15.2. The van der Waals surface area contributed by atoms with Crippen LogP contribution in [0.4, 0.5) is 14.6 Å². The average molecular weight is 308 g/mol. The summed E-state index contributed by atoms with van der Waals surface area (Å²) in [5.41, 5.74) is -0.919. The molecule has 1 aromatic heterocycles. The number of piperidine rings is 1. The van der Waals surface area contributed by atoms with Crippen LogP contribution in [0.2, 0.25) is 0 Å². The van der Waals surface area contributed by atoms with Gasteiger partial charge in [0.25, 0.3) is 5.92 Å². The molecule has 2 aliphatic heterocycles. The molecule has 1 saturated carbocycles. The van der Waals surface area contributed by atoms with Crippen LogP contribution in [-0.2, 0) is 0 Å². The number of likely N-dealkylation sites (tertiary alicyclic amines) is 1. The highest BCUT2D eigenvalue weighted by Crippen LogP contribution is 2.50. The third kappa shape index (κ3) is 2.47. The first-order chi connectivity index (χ1) is 10.6. The van der Waals surface area contributed by atoms with Crippen LogP contribution in [0, 0.1) is 11.3 Å². The SMILES string of the molecule is FC1(F)CCN(CC2CC2)C[C@]12CCN(c1cnccn1)C2. The van der Waals surface area contributed by atoms with Crippen molar-refractivity contribution in [3.8, 4) is 0 Å². The highest BCUT2D eigenvalue weighted by molar-refractivity contribution is 5.38. The summed E-state index contributed by atoms with van der Waals surface area (Å²) in [7, 11) is 0. The fourth-order valence-electron chi connectivity index (χ4n) is 3.96. The summed E-state index contributed by atoms with van der Waals surface area (Å²) in [5, 5.41) is 0. The standard InChI is InChI=1S/C16H22F2N4/c17-16(18)4-7-21(10-13-1-2-13)11-15(16)3-8-22(12-15)14-9-19-5-6-20-14/h5-6,9,13H,1-4,7-8,10-12H2/t15-/m0/s1. The average Bonchev–Trinajstić information content (AvgIpc) is 3.22. The van der Waals surface area contributed by atoms with Crippen molar-refractivity contribution >= 4 is 5.82 Å². The van der Waals surface area contributed by atoms with E-state index in [1.807, 2.05) is 4.90 Å². The Labute approximate surface area is 129 Å². The number of alkyl halides is 2. The summed E-state index contributed by atoms with van der Waals surface area (Å²) in [6.45, 7) is 3.10. The van der Waals surface area contributed by atoms with Gasteiger partial charge in [-0.15, -0.1) is 0 Å². The summed E-state index contributed by atoms with van der Waals surface area (Å²) in [5.74, 6) is -1.11. The lowest BCUT2D eigenvalue weighted by molar-refractivity contribution is -0.157. The molecule has 2 saturated heterocycles. The van der Waals surface area contributed by atoms with Gasteiger partial charge in [0.15, 0.2) is 0 Å². The molecule has 0 radical (unpaired) electrons. The molecule has 0 amide bonds. The number of anilines is 1. The molecule has 1 atom stereocenters. The number of rotatable bonds is 3. The monoisotopic (exact) mass is 308 g/mol. The Bertz CT molecular complexity index is 534. The van der Waals surface area contributed by atoms with Gasteiger partial charge >= 0.3 is 0 Å². The first-order valence-electron chi connectivity index (χ1n) is 8.19. The molecule has 1 aliphatic carbocycles. The fraction of sp³-hybridized carbons (Fsp3) is 0.750. The lowest BCUT2D eigenvalue weighted by Gasteiger charge is -2.46. The third-order valence-corrected chi connectivity index (χ3v) is 5.48. The van der Waals surface area contributed by atoms with Crippen molar-refractivity contribution in [1.82, 2.24) is 14.9 Å². The van der Waals surface area contributed by atoms with E-state index in [0.29, 0.717) is 32.6 Å². The smallest absolute Gasteiger partial charge is 0.257 e. The van der Waals surface area contributed by atoms with E-state index in [9.17, 15) is 8.78 Å². The van der Waals surface area contributed by atoms with Gasteiger partial charge in [0.1, 0.15) is 5.82 Å². The van der Waals surface area contributed by atoms with E-state index < -0.39 is 11.3 Å². The molecule has 0 aromatic carbocycles. The summed E-state index contributed by atoms with van der Waals surface area (Å²) < 4.78 is 29.4. The molecule has 3 fully saturated rings. The van der Waals surface area contributed by atoms with Gasteiger partial charge in [-0.05, 0) is 25.2 Å². The molecule has 4 rings (SSSR count). The summed E-state index contributed by atoms with van der Waals surface area (Å²) in [6.07, 6.45) is 7.98. The van der Waals surface area contributed by atoms with E-state index in [4.69, 9.17) is 0 Å². The topological polar surface area (TPSA) is 32.3 Å². The van der Waals surface area contributed by atoms with Crippen molar-refractivity contribution in [1.29, 1.82) is 0 Å². The molecular formula is C16H22F2N4. The zero-order valence-electron chi connectivity index (χ0n) is 12.7. The van der Waals surface area contributed by atoms with Gasteiger partial charge in [-0.3, -0.25) is 4.98 Å². The Kier molecular flexibility index (Phi) is 3.33. The molecule has 22 heavy (non-hydrogen) atoms. The van der Waals surface area contributed by atoms with Crippen molar-refractivity contribution in [3.63, 3.8) is 0 Å². The maximum atomic E-state index is 14.7. The molecule has 3 aliphatic rings. The molecule has 6 heteroatoms. The molecule has 120 valence electrons. The van der Waals surface area contributed by atoms with Gasteiger partial charge in [0.05, 0.1) is 11.6 Å². The Morgan fingerprint density at radius 3 is 2.73 bits per heavy atom. The summed E-state index contributed by atoms with van der Waals surface area (Å²) in [6, 6.07) is 0. The van der Waals surface area contributed by atoms with Crippen LogP contribution in [0.15, 0.2) is 18.6 Å². The van der Waals surface area contributed by atoms with Crippen molar-refractivity contribution < 1.29 is 8.78 Å². The van der Waals surface area contributed by atoms with Gasteiger partial charge in [-0.25, -0.2) is 13.8 Å². The molecule has 4 nitrogen and oxygen atoms in total. The summed E-state index contributed by atoms with van der Waals surface area (Å²) in [4.78, 5) is 12.6. The van der Waals surface area contributed by atoms with Crippen LogP contribution in [0.25, 0.3) is 0 Å². The van der Waals surface area contributed by atoms with E-state index in [0.717, 1.165) is 18.3 Å². The van der Waals surface area contributed by atoms with Gasteiger partial charge in [0, 0.05) is 51.5 Å². The Hall–Kier alpha value is -1.30. The van der Waals surface area contributed by atoms with E-state index in [1.165, 1.54) is 12.8 Å². The summed E-state index contributed by atoms with van der Waals surface area (Å²) >= 11 is 0. The van der Waals surface area contributed by atoms with Crippen molar-refractivity contribution in [2.24, 2.45) is 11.3 Å². The number of halogens is 2. The van der Waals surface area contributed by atoms with E-state index in [2.05, 4.69) is 14.9 Å². The zero-order valence-corrected chi connectivity index (χ0v) is 12.7. The second kappa shape index (κ2) is 5.11. The molecule has 1 aromatic rings. The second-order valence-corrected chi connectivity index (χ2v) is 7.15. The molecule has 0 N–H and O–H groups in total. The third-order valence-electron chi connectivity index (χ3n) is 5.48. The van der Waals surface area contributed by atoms with Crippen LogP contribution in [0.5, 0.6) is 0 Å². The van der Waals surface area contributed by atoms with Crippen molar-refractivity contribution in [3.05, 3.63) is 18.6 Å². The normalized spacial score (nSPS) is 31.8.